The van der Waals surface area contributed by atoms with Gasteiger partial charge in [-0.25, -0.2) is 17.7 Å². The molecule has 0 spiro atoms. The summed E-state index contributed by atoms with van der Waals surface area (Å²) in [5, 5.41) is 10.6. The molecular formula is C13H19ClN2O3S. The van der Waals surface area contributed by atoms with Crippen molar-refractivity contribution in [2.75, 3.05) is 19.3 Å². The number of sulfonamides is 1. The quantitative estimate of drug-likeness (QED) is 0.860. The monoisotopic (exact) mass is 318 g/mol. The van der Waals surface area contributed by atoms with Crippen LogP contribution in [0.15, 0.2) is 18.3 Å². The van der Waals surface area contributed by atoms with Crippen molar-refractivity contribution in [3.8, 4) is 0 Å². The van der Waals surface area contributed by atoms with Gasteiger partial charge in [-0.15, -0.1) is 0 Å². The molecule has 0 aliphatic carbocycles. The Morgan fingerprint density at radius 3 is 3.00 bits per heavy atom. The lowest BCUT2D eigenvalue weighted by atomic mass is 9.91. The number of hydrogen-bond acceptors (Lipinski definition) is 4. The van der Waals surface area contributed by atoms with E-state index in [1.54, 1.807) is 18.3 Å². The van der Waals surface area contributed by atoms with Gasteiger partial charge in [-0.2, -0.15) is 0 Å². The summed E-state index contributed by atoms with van der Waals surface area (Å²) < 4.78 is 24.6. The third-order valence-corrected chi connectivity index (χ3v) is 5.12. The SMILES string of the molecule is CS(=O)(=O)N1CCCC(CC(O)c2ccnc(Cl)c2)C1. The fraction of sp³-hybridized carbons (Fsp3) is 0.615. The second kappa shape index (κ2) is 6.39. The maximum Gasteiger partial charge on any atom is 0.211 e. The Balaban J connectivity index is 1.99. The van der Waals surface area contributed by atoms with Crippen LogP contribution in [0.5, 0.6) is 0 Å². The summed E-state index contributed by atoms with van der Waals surface area (Å²) in [6, 6.07) is 3.37. The topological polar surface area (TPSA) is 70.5 Å². The van der Waals surface area contributed by atoms with Gasteiger partial charge in [0.25, 0.3) is 0 Å². The van der Waals surface area contributed by atoms with E-state index in [1.165, 1.54) is 10.6 Å². The molecule has 1 fully saturated rings. The zero-order chi connectivity index (χ0) is 14.8. The predicted octanol–water partition coefficient (Wildman–Crippen LogP) is 1.83. The molecule has 1 aromatic rings. The molecule has 1 aromatic heterocycles. The van der Waals surface area contributed by atoms with E-state index >= 15 is 0 Å². The van der Waals surface area contributed by atoms with Crippen LogP contribution >= 0.6 is 11.6 Å². The zero-order valence-corrected chi connectivity index (χ0v) is 12.9. The van der Waals surface area contributed by atoms with Crippen LogP contribution in [0.4, 0.5) is 0 Å². The van der Waals surface area contributed by atoms with Gasteiger partial charge in [0.2, 0.25) is 10.0 Å². The lowest BCUT2D eigenvalue weighted by Gasteiger charge is -2.32. The highest BCUT2D eigenvalue weighted by molar-refractivity contribution is 7.88. The molecule has 2 heterocycles. The summed E-state index contributed by atoms with van der Waals surface area (Å²) in [5.41, 5.74) is 0.724. The second-order valence-electron chi connectivity index (χ2n) is 5.29. The molecule has 20 heavy (non-hydrogen) atoms. The molecule has 5 nitrogen and oxygen atoms in total. The average molecular weight is 319 g/mol. The van der Waals surface area contributed by atoms with Gasteiger partial charge in [0.1, 0.15) is 5.15 Å². The maximum atomic E-state index is 11.6. The molecule has 0 aromatic carbocycles. The molecule has 1 aliphatic heterocycles. The number of aliphatic hydroxyl groups is 1. The Labute approximate surface area is 124 Å². The summed E-state index contributed by atoms with van der Waals surface area (Å²) >= 11 is 5.80. The van der Waals surface area contributed by atoms with E-state index in [1.807, 2.05) is 0 Å². The summed E-state index contributed by atoms with van der Waals surface area (Å²) in [6.07, 6.45) is 4.45. The van der Waals surface area contributed by atoms with Crippen LogP contribution in [-0.2, 0) is 10.0 Å². The maximum absolute atomic E-state index is 11.6. The highest BCUT2D eigenvalue weighted by atomic mass is 35.5. The van der Waals surface area contributed by atoms with Gasteiger partial charge in [-0.05, 0) is 42.9 Å². The Bertz CT molecular complexity index is 564. The zero-order valence-electron chi connectivity index (χ0n) is 11.4. The fourth-order valence-electron chi connectivity index (χ4n) is 2.60. The number of nitrogens with zero attached hydrogens (tertiary/aromatic N) is 2. The summed E-state index contributed by atoms with van der Waals surface area (Å²) in [4.78, 5) is 3.88. The van der Waals surface area contributed by atoms with Gasteiger partial charge in [-0.3, -0.25) is 0 Å². The first-order valence-corrected chi connectivity index (χ1v) is 8.83. The first-order chi connectivity index (χ1) is 9.36. The van der Waals surface area contributed by atoms with Crippen LogP contribution in [-0.4, -0.2) is 42.2 Å². The van der Waals surface area contributed by atoms with Crippen LogP contribution < -0.4 is 0 Å². The number of aromatic nitrogens is 1. The number of rotatable bonds is 4. The van der Waals surface area contributed by atoms with E-state index in [0.717, 1.165) is 18.4 Å². The largest absolute Gasteiger partial charge is 0.388 e. The molecule has 0 radical (unpaired) electrons. The molecule has 2 unspecified atom stereocenters. The third-order valence-electron chi connectivity index (χ3n) is 3.64. The molecule has 0 saturated carbocycles. The lowest BCUT2D eigenvalue weighted by molar-refractivity contribution is 0.123. The molecule has 1 saturated heterocycles. The standard InChI is InChI=1S/C13H19ClN2O3S/c1-20(18,19)16-6-2-3-10(9-16)7-12(17)11-4-5-15-13(14)8-11/h4-5,8,10,12,17H,2-3,6-7,9H2,1H3. The Morgan fingerprint density at radius 1 is 1.60 bits per heavy atom. The fourth-order valence-corrected chi connectivity index (χ4v) is 3.72. The van der Waals surface area contributed by atoms with E-state index in [0.29, 0.717) is 24.7 Å². The minimum Gasteiger partial charge on any atom is -0.388 e. The first-order valence-electron chi connectivity index (χ1n) is 6.61. The van der Waals surface area contributed by atoms with Crippen molar-refractivity contribution in [3.63, 3.8) is 0 Å². The molecule has 1 N–H and O–H groups in total. The lowest BCUT2D eigenvalue weighted by Crippen LogP contribution is -2.39. The van der Waals surface area contributed by atoms with Crippen molar-refractivity contribution in [2.45, 2.75) is 25.4 Å². The normalized spacial score (nSPS) is 22.6. The average Bonchev–Trinajstić information content (AvgIpc) is 2.38. The minimum atomic E-state index is -3.15. The van der Waals surface area contributed by atoms with Crippen molar-refractivity contribution < 1.29 is 13.5 Å². The molecule has 7 heteroatoms. The van der Waals surface area contributed by atoms with E-state index in [2.05, 4.69) is 4.98 Å². The second-order valence-corrected chi connectivity index (χ2v) is 7.66. The van der Waals surface area contributed by atoms with Gasteiger partial charge in [-0.1, -0.05) is 11.6 Å². The highest BCUT2D eigenvalue weighted by Crippen LogP contribution is 2.28. The van der Waals surface area contributed by atoms with Gasteiger partial charge < -0.3 is 5.11 Å². The summed E-state index contributed by atoms with van der Waals surface area (Å²) in [7, 11) is -3.15. The number of pyridine rings is 1. The molecule has 0 bridgehead atoms. The van der Waals surface area contributed by atoms with Crippen LogP contribution in [0, 0.1) is 5.92 Å². The molecule has 0 amide bonds. The van der Waals surface area contributed by atoms with Crippen molar-refractivity contribution >= 4 is 21.6 Å². The predicted molar refractivity (Wildman–Crippen MR) is 78.0 cm³/mol. The summed E-state index contributed by atoms with van der Waals surface area (Å²) in [6.45, 7) is 1.06. The molecule has 2 rings (SSSR count). The third kappa shape index (κ3) is 4.15. The van der Waals surface area contributed by atoms with Crippen LogP contribution in [0.1, 0.15) is 30.9 Å². The van der Waals surface area contributed by atoms with Crippen LogP contribution in [0.2, 0.25) is 5.15 Å². The molecule has 2 atom stereocenters. The summed E-state index contributed by atoms with van der Waals surface area (Å²) in [5.74, 6) is 0.167. The Hall–Kier alpha value is -0.690. The van der Waals surface area contributed by atoms with Crippen LogP contribution in [0.3, 0.4) is 0 Å². The van der Waals surface area contributed by atoms with Gasteiger partial charge in [0.15, 0.2) is 0 Å². The van der Waals surface area contributed by atoms with Gasteiger partial charge >= 0.3 is 0 Å². The van der Waals surface area contributed by atoms with E-state index < -0.39 is 16.1 Å². The van der Waals surface area contributed by atoms with Crippen molar-refractivity contribution in [1.82, 2.24) is 9.29 Å². The number of piperidine rings is 1. The van der Waals surface area contributed by atoms with Crippen molar-refractivity contribution in [2.24, 2.45) is 5.92 Å². The molecule has 1 aliphatic rings. The number of halogens is 1. The van der Waals surface area contributed by atoms with Crippen molar-refractivity contribution in [1.29, 1.82) is 0 Å². The molecular weight excluding hydrogens is 300 g/mol. The number of hydrogen-bond donors (Lipinski definition) is 1. The van der Waals surface area contributed by atoms with Gasteiger partial charge in [0.05, 0.1) is 12.4 Å². The first kappa shape index (κ1) is 15.7. The van der Waals surface area contributed by atoms with Gasteiger partial charge in [0, 0.05) is 19.3 Å². The van der Waals surface area contributed by atoms with Crippen LogP contribution in [0.25, 0.3) is 0 Å². The number of aliphatic hydroxyl groups excluding tert-OH is 1. The molecule has 112 valence electrons. The Kier molecular flexibility index (Phi) is 5.01. The van der Waals surface area contributed by atoms with E-state index in [9.17, 15) is 13.5 Å². The van der Waals surface area contributed by atoms with E-state index in [-0.39, 0.29) is 5.92 Å². The smallest absolute Gasteiger partial charge is 0.211 e. The van der Waals surface area contributed by atoms with E-state index in [4.69, 9.17) is 11.6 Å². The minimum absolute atomic E-state index is 0.167. The highest BCUT2D eigenvalue weighted by Gasteiger charge is 2.27. The van der Waals surface area contributed by atoms with Crippen molar-refractivity contribution in [3.05, 3.63) is 29.0 Å². The Morgan fingerprint density at radius 2 is 2.35 bits per heavy atom.